The number of nitrogens with one attached hydrogen (secondary N) is 1. The third-order valence-corrected chi connectivity index (χ3v) is 4.49. The molecule has 1 unspecified atom stereocenters. The Kier molecular flexibility index (Phi) is 5.16. The van der Waals surface area contributed by atoms with E-state index in [0.717, 1.165) is 27.9 Å². The Morgan fingerprint density at radius 2 is 1.92 bits per heavy atom. The highest BCUT2D eigenvalue weighted by Gasteiger charge is 2.19. The second-order valence-electron chi connectivity index (χ2n) is 6.23. The van der Waals surface area contributed by atoms with Gasteiger partial charge in [0.15, 0.2) is 0 Å². The van der Waals surface area contributed by atoms with Crippen LogP contribution in [0, 0.1) is 6.92 Å². The number of methoxy groups -OCH3 is 2. The summed E-state index contributed by atoms with van der Waals surface area (Å²) in [5, 5.41) is 4.07. The number of hydrogen-bond acceptors (Lipinski definition) is 4. The molecule has 3 rings (SSSR count). The van der Waals surface area contributed by atoms with Gasteiger partial charge in [-0.05, 0) is 38.1 Å². The molecule has 26 heavy (non-hydrogen) atoms. The van der Waals surface area contributed by atoms with E-state index >= 15 is 0 Å². The maximum atomic E-state index is 12.5. The minimum absolute atomic E-state index is 0.107. The van der Waals surface area contributed by atoms with E-state index < -0.39 is 0 Å². The predicted octanol–water partition coefficient (Wildman–Crippen LogP) is 4.18. The summed E-state index contributed by atoms with van der Waals surface area (Å²) < 4.78 is 16.5. The number of para-hydroxylation sites is 1. The lowest BCUT2D eigenvalue weighted by Crippen LogP contribution is -2.28. The van der Waals surface area contributed by atoms with E-state index in [0.29, 0.717) is 11.5 Å². The number of carbonyl (C=O) groups is 1. The molecule has 0 fully saturated rings. The molecule has 1 aromatic heterocycles. The van der Waals surface area contributed by atoms with Gasteiger partial charge in [-0.3, -0.25) is 4.79 Å². The molecule has 1 N–H and O–H groups in total. The first-order valence-electron chi connectivity index (χ1n) is 8.51. The number of carbonyl (C=O) groups excluding carboxylic acids is 1. The maximum absolute atomic E-state index is 12.5. The van der Waals surface area contributed by atoms with Crippen LogP contribution in [0.1, 0.15) is 29.9 Å². The molecule has 0 saturated carbocycles. The van der Waals surface area contributed by atoms with Crippen molar-refractivity contribution in [2.75, 3.05) is 14.2 Å². The molecule has 0 bridgehead atoms. The first-order chi connectivity index (χ1) is 12.5. The van der Waals surface area contributed by atoms with Crippen molar-refractivity contribution in [3.05, 3.63) is 59.4 Å². The van der Waals surface area contributed by atoms with Crippen LogP contribution in [0.3, 0.4) is 0 Å². The van der Waals surface area contributed by atoms with Gasteiger partial charge in [0.05, 0.1) is 26.7 Å². The van der Waals surface area contributed by atoms with Gasteiger partial charge in [0.25, 0.3) is 0 Å². The van der Waals surface area contributed by atoms with Crippen molar-refractivity contribution in [1.29, 1.82) is 0 Å². The van der Waals surface area contributed by atoms with Crippen LogP contribution < -0.4 is 14.8 Å². The quantitative estimate of drug-likeness (QED) is 0.722. The highest BCUT2D eigenvalue weighted by molar-refractivity contribution is 5.83. The first-order valence-corrected chi connectivity index (χ1v) is 8.51. The van der Waals surface area contributed by atoms with Gasteiger partial charge in [0.2, 0.25) is 5.91 Å². The summed E-state index contributed by atoms with van der Waals surface area (Å²) in [6.45, 7) is 3.93. The topological polar surface area (TPSA) is 60.7 Å². The Hall–Kier alpha value is -2.95. The zero-order valence-electron chi connectivity index (χ0n) is 15.5. The van der Waals surface area contributed by atoms with E-state index in [2.05, 4.69) is 5.32 Å². The van der Waals surface area contributed by atoms with Crippen LogP contribution in [0.15, 0.2) is 46.9 Å². The molecule has 3 aromatic rings. The van der Waals surface area contributed by atoms with E-state index in [9.17, 15) is 4.79 Å². The van der Waals surface area contributed by atoms with E-state index in [1.807, 2.05) is 44.2 Å². The second kappa shape index (κ2) is 7.52. The Labute approximate surface area is 152 Å². The lowest BCUT2D eigenvalue weighted by Gasteiger charge is -2.14. The van der Waals surface area contributed by atoms with Crippen molar-refractivity contribution >= 4 is 16.9 Å². The summed E-state index contributed by atoms with van der Waals surface area (Å²) in [5.74, 6) is 2.02. The highest BCUT2D eigenvalue weighted by atomic mass is 16.5. The summed E-state index contributed by atoms with van der Waals surface area (Å²) in [5.41, 5.74) is 2.65. The molecule has 1 amide bonds. The van der Waals surface area contributed by atoms with Gasteiger partial charge in [-0.1, -0.05) is 18.2 Å². The van der Waals surface area contributed by atoms with Crippen molar-refractivity contribution in [1.82, 2.24) is 5.32 Å². The lowest BCUT2D eigenvalue weighted by molar-refractivity contribution is -0.121. The molecule has 0 saturated heterocycles. The minimum Gasteiger partial charge on any atom is -0.497 e. The Morgan fingerprint density at radius 1 is 1.15 bits per heavy atom. The summed E-state index contributed by atoms with van der Waals surface area (Å²) >= 11 is 0. The van der Waals surface area contributed by atoms with Crippen LogP contribution in [0.5, 0.6) is 11.5 Å². The van der Waals surface area contributed by atoms with Crippen molar-refractivity contribution < 1.29 is 18.7 Å². The second-order valence-corrected chi connectivity index (χ2v) is 6.23. The zero-order chi connectivity index (χ0) is 18.7. The van der Waals surface area contributed by atoms with Crippen LogP contribution >= 0.6 is 0 Å². The fourth-order valence-corrected chi connectivity index (χ4v) is 3.16. The van der Waals surface area contributed by atoms with E-state index in [1.54, 1.807) is 26.4 Å². The molecule has 0 spiro atoms. The highest BCUT2D eigenvalue weighted by Crippen LogP contribution is 2.29. The van der Waals surface area contributed by atoms with Gasteiger partial charge >= 0.3 is 0 Å². The summed E-state index contributed by atoms with van der Waals surface area (Å²) in [6.07, 6.45) is 0.198. The fraction of sp³-hybridized carbons (Fsp3) is 0.286. The van der Waals surface area contributed by atoms with Gasteiger partial charge in [-0.2, -0.15) is 0 Å². The third kappa shape index (κ3) is 3.52. The van der Waals surface area contributed by atoms with Gasteiger partial charge < -0.3 is 19.2 Å². The molecule has 136 valence electrons. The maximum Gasteiger partial charge on any atom is 0.225 e. The molecule has 2 aromatic carbocycles. The van der Waals surface area contributed by atoms with Gasteiger partial charge in [0, 0.05) is 16.5 Å². The van der Waals surface area contributed by atoms with Crippen molar-refractivity contribution in [2.45, 2.75) is 26.3 Å². The van der Waals surface area contributed by atoms with Crippen LogP contribution in [0.2, 0.25) is 0 Å². The average molecular weight is 353 g/mol. The zero-order valence-corrected chi connectivity index (χ0v) is 15.5. The molecule has 5 nitrogen and oxygen atoms in total. The minimum atomic E-state index is -0.230. The smallest absolute Gasteiger partial charge is 0.225 e. The summed E-state index contributed by atoms with van der Waals surface area (Å²) in [4.78, 5) is 12.5. The van der Waals surface area contributed by atoms with E-state index in [4.69, 9.17) is 13.9 Å². The number of fused-ring (bicyclic) bond motifs is 1. The normalized spacial score (nSPS) is 12.0. The number of ether oxygens (including phenoxy) is 2. The number of rotatable bonds is 6. The number of benzene rings is 2. The van der Waals surface area contributed by atoms with Crippen LogP contribution in [0.4, 0.5) is 0 Å². The lowest BCUT2D eigenvalue weighted by atomic mass is 10.1. The molecule has 0 aliphatic heterocycles. The molecule has 0 aliphatic rings. The SMILES string of the molecule is COc1ccc(OC)c(CC(=O)NC(C)c2oc3ccccc3c2C)c1. The fourth-order valence-electron chi connectivity index (χ4n) is 3.16. The van der Waals surface area contributed by atoms with Gasteiger partial charge in [-0.15, -0.1) is 0 Å². The van der Waals surface area contributed by atoms with Crippen molar-refractivity contribution in [3.8, 4) is 11.5 Å². The third-order valence-electron chi connectivity index (χ3n) is 4.49. The van der Waals surface area contributed by atoms with Crippen molar-refractivity contribution in [2.24, 2.45) is 0 Å². The van der Waals surface area contributed by atoms with Gasteiger partial charge in [0.1, 0.15) is 22.8 Å². The standard InChI is InChI=1S/C21H23NO4/c1-13-17-7-5-6-8-19(17)26-21(13)14(2)22-20(23)12-15-11-16(24-3)9-10-18(15)25-4/h5-11,14H,12H2,1-4H3,(H,22,23). The van der Waals surface area contributed by atoms with Crippen LogP contribution in [-0.4, -0.2) is 20.1 Å². The molecule has 0 aliphatic carbocycles. The largest absolute Gasteiger partial charge is 0.497 e. The number of aryl methyl sites for hydroxylation is 1. The average Bonchev–Trinajstić information content (AvgIpc) is 2.98. The Bertz CT molecular complexity index is 929. The van der Waals surface area contributed by atoms with E-state index in [1.165, 1.54) is 0 Å². The Morgan fingerprint density at radius 3 is 2.62 bits per heavy atom. The first kappa shape index (κ1) is 17.9. The number of furan rings is 1. The van der Waals surface area contributed by atoms with Crippen LogP contribution in [0.25, 0.3) is 11.0 Å². The summed E-state index contributed by atoms with van der Waals surface area (Å²) in [7, 11) is 3.18. The molecule has 5 heteroatoms. The predicted molar refractivity (Wildman–Crippen MR) is 101 cm³/mol. The molecule has 1 atom stereocenters. The Balaban J connectivity index is 1.76. The molecular formula is C21H23NO4. The van der Waals surface area contributed by atoms with Crippen molar-refractivity contribution in [3.63, 3.8) is 0 Å². The molecule has 1 heterocycles. The number of amides is 1. The molecule has 0 radical (unpaired) electrons. The van der Waals surface area contributed by atoms with E-state index in [-0.39, 0.29) is 18.4 Å². The molecular weight excluding hydrogens is 330 g/mol. The van der Waals surface area contributed by atoms with Gasteiger partial charge in [-0.25, -0.2) is 0 Å². The van der Waals surface area contributed by atoms with Crippen LogP contribution in [-0.2, 0) is 11.2 Å². The monoisotopic (exact) mass is 353 g/mol. The summed E-state index contributed by atoms with van der Waals surface area (Å²) in [6, 6.07) is 13.1. The number of hydrogen-bond donors (Lipinski definition) is 1.